The third-order valence-corrected chi connectivity index (χ3v) is 3.73. The highest BCUT2D eigenvalue weighted by Gasteiger charge is 2.15. The van der Waals surface area contributed by atoms with E-state index in [1.807, 2.05) is 0 Å². The molecule has 1 atom stereocenters. The highest BCUT2D eigenvalue weighted by atomic mass is 79.9. The molecule has 1 saturated heterocycles. The molecule has 2 nitrogen and oxygen atoms in total. The Kier molecular flexibility index (Phi) is 4.86. The highest BCUT2D eigenvalue weighted by Crippen LogP contribution is 2.26. The van der Waals surface area contributed by atoms with E-state index in [1.165, 1.54) is 24.0 Å². The number of rotatable bonds is 4. The van der Waals surface area contributed by atoms with Gasteiger partial charge in [-0.25, -0.2) is 0 Å². The highest BCUT2D eigenvalue weighted by molar-refractivity contribution is 9.08. The van der Waals surface area contributed by atoms with Gasteiger partial charge < -0.3 is 9.47 Å². The zero-order valence-electron chi connectivity index (χ0n) is 10.2. The maximum Gasteiger partial charge on any atom is 0.126 e. The van der Waals surface area contributed by atoms with Crippen molar-refractivity contribution in [3.63, 3.8) is 0 Å². The SMILES string of the molecule is Cc1cccc(CBr)c1OCC1CCCCO1. The first kappa shape index (κ1) is 12.9. The van der Waals surface area contributed by atoms with E-state index in [0.29, 0.717) is 6.61 Å². The summed E-state index contributed by atoms with van der Waals surface area (Å²) in [6.07, 6.45) is 3.84. The normalized spacial score (nSPS) is 20.2. The Morgan fingerprint density at radius 1 is 1.41 bits per heavy atom. The van der Waals surface area contributed by atoms with E-state index in [9.17, 15) is 0 Å². The Hall–Kier alpha value is -0.540. The van der Waals surface area contributed by atoms with Crippen LogP contribution in [0, 0.1) is 6.92 Å². The summed E-state index contributed by atoms with van der Waals surface area (Å²) in [6, 6.07) is 6.25. The number of alkyl halides is 1. The molecule has 0 bridgehead atoms. The van der Waals surface area contributed by atoms with E-state index in [1.54, 1.807) is 0 Å². The minimum absolute atomic E-state index is 0.270. The van der Waals surface area contributed by atoms with Crippen molar-refractivity contribution in [2.75, 3.05) is 13.2 Å². The van der Waals surface area contributed by atoms with E-state index < -0.39 is 0 Å². The Bertz CT molecular complexity index is 359. The Labute approximate surface area is 111 Å². The minimum Gasteiger partial charge on any atom is -0.490 e. The number of hydrogen-bond donors (Lipinski definition) is 0. The predicted molar refractivity (Wildman–Crippen MR) is 72.9 cm³/mol. The van der Waals surface area contributed by atoms with E-state index >= 15 is 0 Å². The van der Waals surface area contributed by atoms with Gasteiger partial charge in [-0.15, -0.1) is 0 Å². The lowest BCUT2D eigenvalue weighted by Crippen LogP contribution is -2.26. The minimum atomic E-state index is 0.270. The van der Waals surface area contributed by atoms with E-state index in [4.69, 9.17) is 9.47 Å². The smallest absolute Gasteiger partial charge is 0.126 e. The summed E-state index contributed by atoms with van der Waals surface area (Å²) < 4.78 is 11.6. The van der Waals surface area contributed by atoms with Gasteiger partial charge in [-0.3, -0.25) is 0 Å². The lowest BCUT2D eigenvalue weighted by atomic mass is 10.1. The maximum atomic E-state index is 5.94. The van der Waals surface area contributed by atoms with Gasteiger partial charge in [0.2, 0.25) is 0 Å². The average molecular weight is 299 g/mol. The van der Waals surface area contributed by atoms with Crippen LogP contribution in [0.4, 0.5) is 0 Å². The first-order chi connectivity index (χ1) is 8.31. The van der Waals surface area contributed by atoms with Crippen LogP contribution in [-0.2, 0) is 10.1 Å². The molecule has 0 aromatic heterocycles. The second-order valence-corrected chi connectivity index (χ2v) is 5.06. The van der Waals surface area contributed by atoms with Gasteiger partial charge in [0.1, 0.15) is 12.4 Å². The van der Waals surface area contributed by atoms with Gasteiger partial charge in [0, 0.05) is 17.5 Å². The Morgan fingerprint density at radius 3 is 3.00 bits per heavy atom. The molecule has 0 N–H and O–H groups in total. The predicted octanol–water partition coefficient (Wildman–Crippen LogP) is 3.84. The van der Waals surface area contributed by atoms with Gasteiger partial charge in [-0.1, -0.05) is 34.1 Å². The average Bonchev–Trinajstić information content (AvgIpc) is 2.38. The van der Waals surface area contributed by atoms with Crippen LogP contribution in [0.3, 0.4) is 0 Å². The molecule has 1 aliphatic rings. The lowest BCUT2D eigenvalue weighted by molar-refractivity contribution is -0.0113. The Morgan fingerprint density at radius 2 is 2.29 bits per heavy atom. The number of hydrogen-bond acceptors (Lipinski definition) is 2. The molecule has 0 saturated carbocycles. The first-order valence-electron chi connectivity index (χ1n) is 6.20. The second-order valence-electron chi connectivity index (χ2n) is 4.50. The lowest BCUT2D eigenvalue weighted by Gasteiger charge is -2.23. The fourth-order valence-electron chi connectivity index (χ4n) is 2.14. The summed E-state index contributed by atoms with van der Waals surface area (Å²) in [7, 11) is 0. The van der Waals surface area contributed by atoms with Crippen molar-refractivity contribution in [3.8, 4) is 5.75 Å². The standard InChI is InChI=1S/C14H19BrO2/c1-11-5-4-6-12(9-15)14(11)17-10-13-7-2-3-8-16-13/h4-6,13H,2-3,7-10H2,1H3. The Balaban J connectivity index is 1.97. The van der Waals surface area contributed by atoms with Crippen molar-refractivity contribution >= 4 is 15.9 Å². The fourth-order valence-corrected chi connectivity index (χ4v) is 2.58. The molecule has 1 aromatic rings. The molecule has 3 heteroatoms. The summed E-state index contributed by atoms with van der Waals surface area (Å²) in [5, 5.41) is 0.829. The molecule has 1 aromatic carbocycles. The van der Waals surface area contributed by atoms with Crippen molar-refractivity contribution in [2.24, 2.45) is 0 Å². The van der Waals surface area contributed by atoms with Gasteiger partial charge in [0.25, 0.3) is 0 Å². The van der Waals surface area contributed by atoms with Crippen molar-refractivity contribution in [2.45, 2.75) is 37.6 Å². The van der Waals surface area contributed by atoms with Gasteiger partial charge in [0.05, 0.1) is 6.10 Å². The van der Waals surface area contributed by atoms with E-state index in [-0.39, 0.29) is 6.10 Å². The van der Waals surface area contributed by atoms with Gasteiger partial charge in [-0.2, -0.15) is 0 Å². The molecule has 94 valence electrons. The number of benzene rings is 1. The monoisotopic (exact) mass is 298 g/mol. The second kappa shape index (κ2) is 6.41. The van der Waals surface area contributed by atoms with E-state index in [2.05, 4.69) is 41.1 Å². The van der Waals surface area contributed by atoms with Crippen molar-refractivity contribution in [1.82, 2.24) is 0 Å². The molecule has 1 fully saturated rings. The molecule has 1 aliphatic heterocycles. The van der Waals surface area contributed by atoms with Crippen molar-refractivity contribution in [1.29, 1.82) is 0 Å². The summed E-state index contributed by atoms with van der Waals surface area (Å²) >= 11 is 3.50. The molecule has 1 unspecified atom stereocenters. The summed E-state index contributed by atoms with van der Waals surface area (Å²) in [5.74, 6) is 1.01. The van der Waals surface area contributed by atoms with Crippen LogP contribution in [0.2, 0.25) is 0 Å². The van der Waals surface area contributed by atoms with Crippen molar-refractivity contribution < 1.29 is 9.47 Å². The zero-order valence-corrected chi connectivity index (χ0v) is 11.8. The molecule has 0 spiro atoms. The topological polar surface area (TPSA) is 18.5 Å². The molecular weight excluding hydrogens is 280 g/mol. The van der Waals surface area contributed by atoms with Crippen LogP contribution in [0.15, 0.2) is 18.2 Å². The van der Waals surface area contributed by atoms with Crippen molar-refractivity contribution in [3.05, 3.63) is 29.3 Å². The number of aryl methyl sites for hydroxylation is 1. The molecule has 0 aliphatic carbocycles. The molecule has 0 radical (unpaired) electrons. The van der Waals surface area contributed by atoms with Crippen LogP contribution < -0.4 is 4.74 Å². The van der Waals surface area contributed by atoms with Crippen LogP contribution in [0.5, 0.6) is 5.75 Å². The summed E-state index contributed by atoms with van der Waals surface area (Å²) in [4.78, 5) is 0. The molecule has 17 heavy (non-hydrogen) atoms. The van der Waals surface area contributed by atoms with Crippen LogP contribution in [0.1, 0.15) is 30.4 Å². The maximum absolute atomic E-state index is 5.94. The third-order valence-electron chi connectivity index (χ3n) is 3.12. The first-order valence-corrected chi connectivity index (χ1v) is 7.32. The molecule has 0 amide bonds. The zero-order chi connectivity index (χ0) is 12.1. The summed E-state index contributed by atoms with van der Waals surface area (Å²) in [5.41, 5.74) is 2.40. The van der Waals surface area contributed by atoms with Crippen LogP contribution in [0.25, 0.3) is 0 Å². The van der Waals surface area contributed by atoms with Crippen LogP contribution >= 0.6 is 15.9 Å². The number of halogens is 1. The third kappa shape index (κ3) is 3.46. The number of para-hydroxylation sites is 1. The quantitative estimate of drug-likeness (QED) is 0.787. The van der Waals surface area contributed by atoms with Gasteiger partial charge in [-0.05, 0) is 31.7 Å². The van der Waals surface area contributed by atoms with Gasteiger partial charge >= 0.3 is 0 Å². The fraction of sp³-hybridized carbons (Fsp3) is 0.571. The largest absolute Gasteiger partial charge is 0.490 e. The molecule has 1 heterocycles. The van der Waals surface area contributed by atoms with Crippen LogP contribution in [-0.4, -0.2) is 19.3 Å². The van der Waals surface area contributed by atoms with E-state index in [0.717, 1.165) is 24.1 Å². The summed E-state index contributed by atoms with van der Waals surface area (Å²) in [6.45, 7) is 3.64. The number of ether oxygens (including phenoxy) is 2. The van der Waals surface area contributed by atoms with Gasteiger partial charge in [0.15, 0.2) is 0 Å². The molecular formula is C14H19BrO2. The molecule has 2 rings (SSSR count).